The van der Waals surface area contributed by atoms with E-state index in [0.717, 1.165) is 25.2 Å². The molecule has 2 rings (SSSR count). The fourth-order valence-corrected chi connectivity index (χ4v) is 1.53. The van der Waals surface area contributed by atoms with Gasteiger partial charge in [0.25, 0.3) is 0 Å². The lowest BCUT2D eigenvalue weighted by molar-refractivity contribution is 0.400. The Hall–Kier alpha value is -1.39. The third-order valence-electron chi connectivity index (χ3n) is 2.16. The monoisotopic (exact) mass is 197 g/mol. The van der Waals surface area contributed by atoms with Crippen LogP contribution in [0.4, 0.5) is 4.39 Å². The normalized spacial score (nSPS) is 15.7. The summed E-state index contributed by atoms with van der Waals surface area (Å²) in [6, 6.07) is 1.69. The van der Waals surface area contributed by atoms with Crippen molar-refractivity contribution in [3.8, 4) is 0 Å². The third kappa shape index (κ3) is 1.49. The van der Waals surface area contributed by atoms with Crippen molar-refractivity contribution in [1.82, 2.24) is 9.78 Å². The van der Waals surface area contributed by atoms with Gasteiger partial charge in [-0.3, -0.25) is 4.68 Å². The van der Waals surface area contributed by atoms with Crippen LogP contribution in [0.2, 0.25) is 0 Å². The Bertz CT molecular complexity index is 359. The lowest BCUT2D eigenvalue weighted by atomic mass is 10.3. The molecule has 2 heterocycles. The number of ether oxygens (including phenoxy) is 1. The van der Waals surface area contributed by atoms with Gasteiger partial charge in [-0.05, 0) is 12.5 Å². The van der Waals surface area contributed by atoms with E-state index in [-0.39, 0.29) is 0 Å². The first-order valence-corrected chi connectivity index (χ1v) is 4.56. The minimum absolute atomic E-state index is 0.437. The first kappa shape index (κ1) is 9.18. The van der Waals surface area contributed by atoms with Gasteiger partial charge in [0.15, 0.2) is 0 Å². The molecular weight excluding hydrogens is 185 g/mol. The van der Waals surface area contributed by atoms with Gasteiger partial charge in [-0.2, -0.15) is 5.10 Å². The van der Waals surface area contributed by atoms with Crippen LogP contribution in [-0.4, -0.2) is 29.3 Å². The van der Waals surface area contributed by atoms with Crippen LogP contribution in [0.25, 0.3) is 0 Å². The highest BCUT2D eigenvalue weighted by Crippen LogP contribution is 2.12. The van der Waals surface area contributed by atoms with E-state index in [4.69, 9.17) is 4.74 Å². The molecule has 76 valence electrons. The summed E-state index contributed by atoms with van der Waals surface area (Å²) in [6.45, 7) is 0.959. The lowest BCUT2D eigenvalue weighted by Gasteiger charge is -2.03. The maximum absolute atomic E-state index is 12.4. The SMILES string of the molecule is COC1=NCCCn2nc(CF)cc21. The van der Waals surface area contributed by atoms with Gasteiger partial charge < -0.3 is 4.74 Å². The van der Waals surface area contributed by atoms with Crippen LogP contribution in [0.3, 0.4) is 0 Å². The van der Waals surface area contributed by atoms with Crippen LogP contribution in [0.5, 0.6) is 0 Å². The highest BCUT2D eigenvalue weighted by Gasteiger charge is 2.16. The highest BCUT2D eigenvalue weighted by molar-refractivity contribution is 5.92. The van der Waals surface area contributed by atoms with E-state index < -0.39 is 6.67 Å². The Labute approximate surface area is 81.4 Å². The van der Waals surface area contributed by atoms with Crippen molar-refractivity contribution in [1.29, 1.82) is 0 Å². The molecule has 1 aliphatic rings. The standard InChI is InChI=1S/C9H12FN3O/c1-14-9-8-5-7(6-10)12-13(8)4-2-3-11-9/h5H,2-4,6H2,1H3. The van der Waals surface area contributed by atoms with Gasteiger partial charge in [0.05, 0.1) is 12.8 Å². The first-order chi connectivity index (χ1) is 6.85. The summed E-state index contributed by atoms with van der Waals surface area (Å²) in [5, 5.41) is 4.11. The zero-order valence-corrected chi connectivity index (χ0v) is 8.03. The van der Waals surface area contributed by atoms with Crippen molar-refractivity contribution in [2.24, 2.45) is 4.99 Å². The number of nitrogens with zero attached hydrogens (tertiary/aromatic N) is 3. The van der Waals surface area contributed by atoms with Gasteiger partial charge in [-0.15, -0.1) is 0 Å². The van der Waals surface area contributed by atoms with Crippen molar-refractivity contribution in [3.05, 3.63) is 17.5 Å². The van der Waals surface area contributed by atoms with E-state index in [0.29, 0.717) is 11.6 Å². The van der Waals surface area contributed by atoms with E-state index in [1.54, 1.807) is 17.9 Å². The van der Waals surface area contributed by atoms with Crippen molar-refractivity contribution in [2.45, 2.75) is 19.6 Å². The lowest BCUT2D eigenvalue weighted by Crippen LogP contribution is -2.10. The average Bonchev–Trinajstić information content (AvgIpc) is 2.53. The van der Waals surface area contributed by atoms with Gasteiger partial charge in [-0.25, -0.2) is 9.38 Å². The molecule has 0 fully saturated rings. The molecule has 0 atom stereocenters. The topological polar surface area (TPSA) is 39.4 Å². The number of alkyl halides is 1. The van der Waals surface area contributed by atoms with E-state index in [1.807, 2.05) is 0 Å². The average molecular weight is 197 g/mol. The summed E-state index contributed by atoms with van der Waals surface area (Å²) in [6.07, 6.45) is 0.910. The van der Waals surface area contributed by atoms with E-state index in [1.165, 1.54) is 0 Å². The predicted octanol–water partition coefficient (Wildman–Crippen LogP) is 1.15. The third-order valence-corrected chi connectivity index (χ3v) is 2.16. The maximum atomic E-state index is 12.4. The van der Waals surface area contributed by atoms with Crippen LogP contribution < -0.4 is 0 Å². The number of halogens is 1. The quantitative estimate of drug-likeness (QED) is 0.677. The second-order valence-electron chi connectivity index (χ2n) is 3.12. The fourth-order valence-electron chi connectivity index (χ4n) is 1.53. The molecule has 0 aromatic carbocycles. The molecule has 0 aliphatic carbocycles. The predicted molar refractivity (Wildman–Crippen MR) is 50.1 cm³/mol. The number of hydrogen-bond acceptors (Lipinski definition) is 3. The number of fused-ring (bicyclic) bond motifs is 1. The number of rotatable bonds is 1. The van der Waals surface area contributed by atoms with Crippen LogP contribution in [0.15, 0.2) is 11.1 Å². The molecule has 0 saturated carbocycles. The number of methoxy groups -OCH3 is 1. The zero-order chi connectivity index (χ0) is 9.97. The number of aryl methyl sites for hydroxylation is 1. The zero-order valence-electron chi connectivity index (χ0n) is 8.03. The van der Waals surface area contributed by atoms with E-state index >= 15 is 0 Å². The molecule has 4 nitrogen and oxygen atoms in total. The molecular formula is C9H12FN3O. The van der Waals surface area contributed by atoms with Crippen LogP contribution >= 0.6 is 0 Å². The number of aromatic nitrogens is 2. The Morgan fingerprint density at radius 2 is 2.50 bits per heavy atom. The molecule has 14 heavy (non-hydrogen) atoms. The van der Waals surface area contributed by atoms with Crippen LogP contribution in [0, 0.1) is 0 Å². The minimum atomic E-state index is -0.545. The minimum Gasteiger partial charge on any atom is -0.480 e. The smallest absolute Gasteiger partial charge is 0.234 e. The summed E-state index contributed by atoms with van der Waals surface area (Å²) >= 11 is 0. The molecule has 0 unspecified atom stereocenters. The molecule has 0 radical (unpaired) electrons. The van der Waals surface area contributed by atoms with Crippen LogP contribution in [0.1, 0.15) is 17.8 Å². The highest BCUT2D eigenvalue weighted by atomic mass is 19.1. The van der Waals surface area contributed by atoms with Gasteiger partial charge in [0.1, 0.15) is 12.4 Å². The van der Waals surface area contributed by atoms with Gasteiger partial charge >= 0.3 is 0 Å². The molecule has 1 aliphatic heterocycles. The summed E-state index contributed by atoms with van der Waals surface area (Å²) < 4.78 is 19.3. The summed E-state index contributed by atoms with van der Waals surface area (Å²) in [4.78, 5) is 4.24. The summed E-state index contributed by atoms with van der Waals surface area (Å²) in [5.74, 6) is 0.551. The van der Waals surface area contributed by atoms with Gasteiger partial charge in [0, 0.05) is 13.1 Å². The van der Waals surface area contributed by atoms with Crippen molar-refractivity contribution in [2.75, 3.05) is 13.7 Å². The Kier molecular flexibility index (Phi) is 2.47. The van der Waals surface area contributed by atoms with E-state index in [2.05, 4.69) is 10.1 Å². The second kappa shape index (κ2) is 3.77. The Morgan fingerprint density at radius 3 is 3.21 bits per heavy atom. The summed E-state index contributed by atoms with van der Waals surface area (Å²) in [5.41, 5.74) is 1.21. The Balaban J connectivity index is 2.42. The number of aliphatic imine (C=N–C) groups is 1. The Morgan fingerprint density at radius 1 is 1.64 bits per heavy atom. The first-order valence-electron chi connectivity index (χ1n) is 4.56. The van der Waals surface area contributed by atoms with Crippen molar-refractivity contribution >= 4 is 5.90 Å². The molecule has 5 heteroatoms. The molecule has 1 aromatic heterocycles. The van der Waals surface area contributed by atoms with Gasteiger partial charge in [-0.1, -0.05) is 0 Å². The van der Waals surface area contributed by atoms with Crippen LogP contribution in [-0.2, 0) is 18.0 Å². The second-order valence-corrected chi connectivity index (χ2v) is 3.12. The number of hydrogen-bond donors (Lipinski definition) is 0. The van der Waals surface area contributed by atoms with E-state index in [9.17, 15) is 4.39 Å². The van der Waals surface area contributed by atoms with Crippen molar-refractivity contribution < 1.29 is 9.13 Å². The molecule has 0 bridgehead atoms. The summed E-state index contributed by atoms with van der Waals surface area (Å²) in [7, 11) is 1.57. The largest absolute Gasteiger partial charge is 0.480 e. The van der Waals surface area contributed by atoms with Gasteiger partial charge in [0.2, 0.25) is 5.90 Å². The molecule has 0 saturated heterocycles. The molecule has 0 N–H and O–H groups in total. The van der Waals surface area contributed by atoms with Crippen molar-refractivity contribution in [3.63, 3.8) is 0 Å². The maximum Gasteiger partial charge on any atom is 0.234 e. The fraction of sp³-hybridized carbons (Fsp3) is 0.556. The molecule has 1 aromatic rings. The molecule has 0 amide bonds. The molecule has 0 spiro atoms.